The molecule has 6 rings (SSSR count). The number of nitrogens with zero attached hydrogens (tertiary/aromatic N) is 1. The zero-order valence-electron chi connectivity index (χ0n) is 13.0. The molecule has 3 aliphatic heterocycles. The topological polar surface area (TPSA) is 39.3 Å². The Balaban J connectivity index is 1.64. The molecule has 2 aromatic rings. The van der Waals surface area contributed by atoms with E-state index in [2.05, 4.69) is 34.1 Å². The highest BCUT2D eigenvalue weighted by atomic mass is 16.3. The minimum absolute atomic E-state index is 0.341. The number of H-pyrrole nitrogens is 1. The van der Waals surface area contributed by atoms with Gasteiger partial charge in [-0.3, -0.25) is 4.90 Å². The maximum atomic E-state index is 9.46. The molecule has 4 aliphatic rings. The number of piperidine rings is 2. The number of rotatable bonds is 2. The quantitative estimate of drug-likeness (QED) is 0.894. The van der Waals surface area contributed by atoms with Crippen LogP contribution in [-0.4, -0.2) is 40.7 Å². The van der Waals surface area contributed by atoms with Gasteiger partial charge in [0.05, 0.1) is 0 Å². The van der Waals surface area contributed by atoms with Gasteiger partial charge in [0.25, 0.3) is 0 Å². The minimum Gasteiger partial charge on any atom is -0.396 e. The molecule has 1 saturated carbocycles. The van der Waals surface area contributed by atoms with Crippen molar-refractivity contribution in [1.82, 2.24) is 9.88 Å². The zero-order chi connectivity index (χ0) is 14.7. The third-order valence-electron chi connectivity index (χ3n) is 6.40. The van der Waals surface area contributed by atoms with Gasteiger partial charge in [0.2, 0.25) is 0 Å². The molecule has 3 heteroatoms. The van der Waals surface area contributed by atoms with Crippen LogP contribution in [-0.2, 0) is 6.42 Å². The van der Waals surface area contributed by atoms with Crippen LogP contribution in [0.5, 0.6) is 0 Å². The van der Waals surface area contributed by atoms with Crippen molar-refractivity contribution in [3.63, 3.8) is 0 Å². The van der Waals surface area contributed by atoms with Gasteiger partial charge in [0.15, 0.2) is 0 Å². The van der Waals surface area contributed by atoms with Crippen LogP contribution >= 0.6 is 0 Å². The van der Waals surface area contributed by atoms with E-state index in [1.807, 2.05) is 0 Å². The van der Waals surface area contributed by atoms with Crippen LogP contribution in [0.4, 0.5) is 0 Å². The summed E-state index contributed by atoms with van der Waals surface area (Å²) in [6.07, 6.45) is 4.81. The Bertz CT molecular complexity index is 707. The lowest BCUT2D eigenvalue weighted by Gasteiger charge is -2.53. The summed E-state index contributed by atoms with van der Waals surface area (Å²) in [5, 5.41) is 10.9. The fourth-order valence-corrected chi connectivity index (χ4v) is 5.69. The molecule has 1 aromatic carbocycles. The Morgan fingerprint density at radius 2 is 2.14 bits per heavy atom. The van der Waals surface area contributed by atoms with Gasteiger partial charge in [0, 0.05) is 48.3 Å². The first-order valence-corrected chi connectivity index (χ1v) is 8.79. The molecule has 2 N–H and O–H groups in total. The van der Waals surface area contributed by atoms with Gasteiger partial charge in [-0.25, -0.2) is 0 Å². The Morgan fingerprint density at radius 1 is 1.23 bits per heavy atom. The van der Waals surface area contributed by atoms with Crippen molar-refractivity contribution in [3.8, 4) is 0 Å². The highest BCUT2D eigenvalue weighted by Gasteiger charge is 2.48. The maximum Gasteiger partial charge on any atom is 0.0459 e. The Kier molecular flexibility index (Phi) is 2.89. The number of aliphatic hydroxyl groups is 1. The zero-order valence-corrected chi connectivity index (χ0v) is 13.0. The third kappa shape index (κ3) is 1.76. The van der Waals surface area contributed by atoms with Gasteiger partial charge in [-0.2, -0.15) is 0 Å². The van der Waals surface area contributed by atoms with Crippen LogP contribution in [0.25, 0.3) is 10.9 Å². The van der Waals surface area contributed by atoms with Crippen LogP contribution < -0.4 is 0 Å². The van der Waals surface area contributed by atoms with E-state index in [-0.39, 0.29) is 0 Å². The van der Waals surface area contributed by atoms with Crippen molar-refractivity contribution in [2.75, 3.05) is 19.7 Å². The van der Waals surface area contributed by atoms with E-state index in [1.54, 1.807) is 5.56 Å². The van der Waals surface area contributed by atoms with Gasteiger partial charge in [0.1, 0.15) is 0 Å². The molecule has 0 radical (unpaired) electrons. The summed E-state index contributed by atoms with van der Waals surface area (Å²) in [6.45, 7) is 2.81. The largest absolute Gasteiger partial charge is 0.396 e. The molecule has 4 heterocycles. The molecule has 1 unspecified atom stereocenters. The molecule has 0 spiro atoms. The van der Waals surface area contributed by atoms with Crippen LogP contribution in [0.1, 0.15) is 36.4 Å². The lowest BCUT2D eigenvalue weighted by atomic mass is 9.65. The second kappa shape index (κ2) is 4.84. The van der Waals surface area contributed by atoms with E-state index in [9.17, 15) is 5.11 Å². The number of fused-ring (bicyclic) bond motifs is 4. The number of benzene rings is 1. The number of para-hydroxylation sites is 1. The van der Waals surface area contributed by atoms with E-state index >= 15 is 0 Å². The lowest BCUT2D eigenvalue weighted by Crippen LogP contribution is -2.56. The molecular weight excluding hydrogens is 272 g/mol. The number of hydrogen-bond acceptors (Lipinski definition) is 2. The number of aliphatic hydroxyl groups excluding tert-OH is 1. The van der Waals surface area contributed by atoms with Crippen LogP contribution in [0, 0.1) is 11.8 Å². The van der Waals surface area contributed by atoms with Gasteiger partial charge >= 0.3 is 0 Å². The summed E-state index contributed by atoms with van der Waals surface area (Å²) in [7, 11) is 0. The van der Waals surface area contributed by atoms with Gasteiger partial charge in [-0.05, 0) is 49.1 Å². The van der Waals surface area contributed by atoms with Crippen LogP contribution in [0.3, 0.4) is 0 Å². The maximum absolute atomic E-state index is 9.46. The molecule has 0 amide bonds. The fraction of sp³-hybridized carbons (Fsp3) is 0.579. The molecule has 3 fully saturated rings. The Hall–Kier alpha value is -1.32. The Labute approximate surface area is 131 Å². The average molecular weight is 296 g/mol. The van der Waals surface area contributed by atoms with Gasteiger partial charge in [-0.1, -0.05) is 18.2 Å². The van der Waals surface area contributed by atoms with E-state index in [0.717, 1.165) is 12.3 Å². The van der Waals surface area contributed by atoms with Crippen LogP contribution in [0.2, 0.25) is 0 Å². The van der Waals surface area contributed by atoms with E-state index in [0.29, 0.717) is 24.5 Å². The third-order valence-corrected chi connectivity index (χ3v) is 6.40. The summed E-state index contributed by atoms with van der Waals surface area (Å²) in [6, 6.07) is 9.43. The summed E-state index contributed by atoms with van der Waals surface area (Å²) in [5.74, 6) is 2.15. The fourth-order valence-electron chi connectivity index (χ4n) is 5.69. The monoisotopic (exact) mass is 296 g/mol. The summed E-state index contributed by atoms with van der Waals surface area (Å²) in [5.41, 5.74) is 4.39. The smallest absolute Gasteiger partial charge is 0.0459 e. The van der Waals surface area contributed by atoms with Crippen LogP contribution in [0.15, 0.2) is 24.3 Å². The number of hydrogen-bond donors (Lipinski definition) is 2. The van der Waals surface area contributed by atoms with Gasteiger partial charge < -0.3 is 10.1 Å². The molecule has 5 atom stereocenters. The Morgan fingerprint density at radius 3 is 3.05 bits per heavy atom. The molecule has 116 valence electrons. The molecule has 2 saturated heterocycles. The van der Waals surface area contributed by atoms with E-state index in [1.165, 1.54) is 48.9 Å². The highest BCUT2D eigenvalue weighted by Crippen LogP contribution is 2.50. The highest BCUT2D eigenvalue weighted by molar-refractivity contribution is 5.85. The summed E-state index contributed by atoms with van der Waals surface area (Å²) >= 11 is 0. The van der Waals surface area contributed by atoms with Crippen molar-refractivity contribution in [2.45, 2.75) is 37.6 Å². The predicted octanol–water partition coefficient (Wildman–Crippen LogP) is 2.90. The second-order valence-corrected chi connectivity index (χ2v) is 7.51. The lowest BCUT2D eigenvalue weighted by molar-refractivity contribution is -0.0201. The first kappa shape index (κ1) is 13.1. The molecule has 1 aromatic heterocycles. The first-order chi connectivity index (χ1) is 10.8. The van der Waals surface area contributed by atoms with E-state index < -0.39 is 0 Å². The molecule has 22 heavy (non-hydrogen) atoms. The number of aromatic amines is 1. The standard InChI is InChI=1S/C19H24N2O/c22-8-6-13-9-12-10-16-18-15(5-7-21(11-12)19(13)16)14-3-1-2-4-17(14)20-18/h1-4,12-13,16,19-20,22H,5-11H2/t12-,13+,16+,19+/m1/s1. The van der Waals surface area contributed by atoms with Crippen molar-refractivity contribution in [2.24, 2.45) is 11.8 Å². The van der Waals surface area contributed by atoms with Crippen molar-refractivity contribution < 1.29 is 5.11 Å². The SMILES string of the molecule is OCC[C@H]1C[C@@H]2C[C@H]3c4[nH]c5ccccc5c4CCN(C2)[C@@H]13. The molecule has 3 nitrogen and oxygen atoms in total. The molecule has 4 bridgehead atoms. The summed E-state index contributed by atoms with van der Waals surface area (Å²) < 4.78 is 0. The molecule has 1 aliphatic carbocycles. The van der Waals surface area contributed by atoms with Crippen molar-refractivity contribution in [1.29, 1.82) is 0 Å². The van der Waals surface area contributed by atoms with E-state index in [4.69, 9.17) is 0 Å². The second-order valence-electron chi connectivity index (χ2n) is 7.51. The van der Waals surface area contributed by atoms with Crippen molar-refractivity contribution in [3.05, 3.63) is 35.5 Å². The first-order valence-electron chi connectivity index (χ1n) is 8.79. The van der Waals surface area contributed by atoms with Gasteiger partial charge in [-0.15, -0.1) is 0 Å². The number of nitrogens with one attached hydrogen (secondary N) is 1. The van der Waals surface area contributed by atoms with Crippen molar-refractivity contribution >= 4 is 10.9 Å². The average Bonchev–Trinajstić information content (AvgIpc) is 2.87. The number of aromatic nitrogens is 1. The normalized spacial score (nSPS) is 36.3. The molecular formula is C19H24N2O. The predicted molar refractivity (Wildman–Crippen MR) is 88.0 cm³/mol. The summed E-state index contributed by atoms with van der Waals surface area (Å²) in [4.78, 5) is 6.51. The minimum atomic E-state index is 0.341.